The molecule has 0 radical (unpaired) electrons. The van der Waals surface area contributed by atoms with Gasteiger partial charge in [0.2, 0.25) is 5.88 Å². The van der Waals surface area contributed by atoms with Crippen LogP contribution in [-0.4, -0.2) is 18.3 Å². The summed E-state index contributed by atoms with van der Waals surface area (Å²) in [5.74, 6) is 0.681. The molecular formula is C7H8BrNOS. The normalized spacial score (nSPS) is 9.73. The first-order valence-electron chi connectivity index (χ1n) is 3.01. The fourth-order valence-corrected chi connectivity index (χ4v) is 1.75. The van der Waals surface area contributed by atoms with Crippen molar-refractivity contribution in [3.8, 4) is 5.88 Å². The quantitative estimate of drug-likeness (QED) is 0.734. The molecule has 0 aliphatic carbocycles. The molecule has 0 saturated heterocycles. The molecule has 0 unspecified atom stereocenters. The first-order chi connectivity index (χ1) is 5.27. The van der Waals surface area contributed by atoms with Gasteiger partial charge in [-0.05, 0) is 28.3 Å². The second-order valence-electron chi connectivity index (χ2n) is 1.87. The van der Waals surface area contributed by atoms with Gasteiger partial charge in [0.15, 0.2) is 0 Å². The summed E-state index contributed by atoms with van der Waals surface area (Å²) in [6.45, 7) is 0. The van der Waals surface area contributed by atoms with Crippen molar-refractivity contribution in [3.05, 3.63) is 16.7 Å². The predicted molar refractivity (Wildman–Crippen MR) is 50.3 cm³/mol. The van der Waals surface area contributed by atoms with Crippen molar-refractivity contribution in [3.63, 3.8) is 0 Å². The van der Waals surface area contributed by atoms with E-state index in [0.29, 0.717) is 5.88 Å². The maximum Gasteiger partial charge on any atom is 0.227 e. The number of hydrogen-bond donors (Lipinski definition) is 0. The molecule has 1 rings (SSSR count). The standard InChI is InChI=1S/C7H8BrNOS/c1-10-7-6(11-2)3-5(8)4-9-7/h3-4H,1-2H3. The maximum absolute atomic E-state index is 5.04. The minimum Gasteiger partial charge on any atom is -0.480 e. The van der Waals surface area contributed by atoms with E-state index in [1.807, 2.05) is 12.3 Å². The zero-order chi connectivity index (χ0) is 8.27. The molecule has 0 aliphatic heterocycles. The minimum atomic E-state index is 0.681. The van der Waals surface area contributed by atoms with Crippen LogP contribution in [0.2, 0.25) is 0 Å². The molecule has 1 heterocycles. The van der Waals surface area contributed by atoms with Crippen molar-refractivity contribution >= 4 is 27.7 Å². The van der Waals surface area contributed by atoms with E-state index in [4.69, 9.17) is 4.74 Å². The molecule has 60 valence electrons. The molecule has 0 fully saturated rings. The van der Waals surface area contributed by atoms with Crippen molar-refractivity contribution < 1.29 is 4.74 Å². The average Bonchev–Trinajstić information content (AvgIpc) is 2.04. The predicted octanol–water partition coefficient (Wildman–Crippen LogP) is 2.57. The van der Waals surface area contributed by atoms with Crippen LogP contribution in [0.5, 0.6) is 5.88 Å². The fraction of sp³-hybridized carbons (Fsp3) is 0.286. The van der Waals surface area contributed by atoms with E-state index in [0.717, 1.165) is 9.37 Å². The van der Waals surface area contributed by atoms with Crippen LogP contribution in [0.15, 0.2) is 21.6 Å². The zero-order valence-electron chi connectivity index (χ0n) is 6.30. The number of aromatic nitrogens is 1. The summed E-state index contributed by atoms with van der Waals surface area (Å²) < 4.78 is 6.01. The van der Waals surface area contributed by atoms with Crippen LogP contribution >= 0.6 is 27.7 Å². The van der Waals surface area contributed by atoms with Gasteiger partial charge in [0.05, 0.1) is 12.0 Å². The van der Waals surface area contributed by atoms with Gasteiger partial charge in [0.1, 0.15) is 0 Å². The van der Waals surface area contributed by atoms with Crippen molar-refractivity contribution in [1.29, 1.82) is 0 Å². The van der Waals surface area contributed by atoms with Crippen molar-refractivity contribution in [2.45, 2.75) is 4.90 Å². The number of hydrogen-bond acceptors (Lipinski definition) is 3. The third kappa shape index (κ3) is 2.10. The third-order valence-electron chi connectivity index (χ3n) is 1.20. The van der Waals surface area contributed by atoms with Crippen LogP contribution in [-0.2, 0) is 0 Å². The molecule has 1 aromatic rings. The van der Waals surface area contributed by atoms with Crippen LogP contribution in [0, 0.1) is 0 Å². The van der Waals surface area contributed by atoms with Crippen molar-refractivity contribution in [1.82, 2.24) is 4.98 Å². The van der Waals surface area contributed by atoms with E-state index in [2.05, 4.69) is 20.9 Å². The van der Waals surface area contributed by atoms with Gasteiger partial charge in [-0.25, -0.2) is 4.98 Å². The monoisotopic (exact) mass is 233 g/mol. The molecule has 1 aromatic heterocycles. The lowest BCUT2D eigenvalue weighted by atomic mass is 10.5. The Morgan fingerprint density at radius 3 is 2.91 bits per heavy atom. The summed E-state index contributed by atoms with van der Waals surface area (Å²) in [4.78, 5) is 5.12. The summed E-state index contributed by atoms with van der Waals surface area (Å²) in [5.41, 5.74) is 0. The highest BCUT2D eigenvalue weighted by atomic mass is 79.9. The molecule has 11 heavy (non-hydrogen) atoms. The largest absolute Gasteiger partial charge is 0.480 e. The Labute approximate surface area is 78.5 Å². The highest BCUT2D eigenvalue weighted by Crippen LogP contribution is 2.27. The van der Waals surface area contributed by atoms with E-state index in [1.54, 1.807) is 25.1 Å². The molecule has 0 atom stereocenters. The van der Waals surface area contributed by atoms with Crippen LogP contribution < -0.4 is 4.74 Å². The molecule has 0 bridgehead atoms. The van der Waals surface area contributed by atoms with Crippen LogP contribution in [0.1, 0.15) is 0 Å². The molecule has 0 aromatic carbocycles. The van der Waals surface area contributed by atoms with E-state index in [-0.39, 0.29) is 0 Å². The second kappa shape index (κ2) is 3.97. The SMILES string of the molecule is COc1ncc(Br)cc1SC. The molecule has 0 N–H and O–H groups in total. The van der Waals surface area contributed by atoms with E-state index in [9.17, 15) is 0 Å². The van der Waals surface area contributed by atoms with Crippen LogP contribution in [0.4, 0.5) is 0 Å². The lowest BCUT2D eigenvalue weighted by molar-refractivity contribution is 0.387. The Morgan fingerprint density at radius 1 is 1.64 bits per heavy atom. The van der Waals surface area contributed by atoms with E-state index >= 15 is 0 Å². The van der Waals surface area contributed by atoms with Gasteiger partial charge in [-0.1, -0.05) is 0 Å². The number of rotatable bonds is 2. The summed E-state index contributed by atoms with van der Waals surface area (Å²) >= 11 is 4.95. The Bertz CT molecular complexity index is 254. The molecule has 0 amide bonds. The molecule has 0 spiro atoms. The maximum atomic E-state index is 5.04. The summed E-state index contributed by atoms with van der Waals surface area (Å²) in [6, 6.07) is 1.98. The molecule has 4 heteroatoms. The lowest BCUT2D eigenvalue weighted by Crippen LogP contribution is -1.89. The Kier molecular flexibility index (Phi) is 3.20. The Balaban J connectivity index is 3.06. The zero-order valence-corrected chi connectivity index (χ0v) is 8.70. The molecule has 0 saturated carbocycles. The lowest BCUT2D eigenvalue weighted by Gasteiger charge is -2.03. The third-order valence-corrected chi connectivity index (χ3v) is 2.36. The molecule has 2 nitrogen and oxygen atoms in total. The number of ether oxygens (including phenoxy) is 1. The topological polar surface area (TPSA) is 22.1 Å². The Morgan fingerprint density at radius 2 is 2.36 bits per heavy atom. The average molecular weight is 234 g/mol. The van der Waals surface area contributed by atoms with Gasteiger partial charge < -0.3 is 4.74 Å². The highest BCUT2D eigenvalue weighted by Gasteiger charge is 2.02. The van der Waals surface area contributed by atoms with Gasteiger partial charge in [-0.2, -0.15) is 0 Å². The van der Waals surface area contributed by atoms with Gasteiger partial charge >= 0.3 is 0 Å². The van der Waals surface area contributed by atoms with E-state index < -0.39 is 0 Å². The first kappa shape index (κ1) is 8.87. The van der Waals surface area contributed by atoms with Crippen molar-refractivity contribution in [2.75, 3.05) is 13.4 Å². The number of halogens is 1. The Hall–Kier alpha value is -0.220. The smallest absolute Gasteiger partial charge is 0.227 e. The molecule has 0 aliphatic rings. The fourth-order valence-electron chi connectivity index (χ4n) is 0.708. The first-order valence-corrected chi connectivity index (χ1v) is 5.03. The van der Waals surface area contributed by atoms with E-state index in [1.165, 1.54) is 0 Å². The summed E-state index contributed by atoms with van der Waals surface area (Å²) in [5, 5.41) is 0. The van der Waals surface area contributed by atoms with Gasteiger partial charge in [0, 0.05) is 10.7 Å². The summed E-state index contributed by atoms with van der Waals surface area (Å²) in [6.07, 6.45) is 3.71. The van der Waals surface area contributed by atoms with Crippen molar-refractivity contribution in [2.24, 2.45) is 0 Å². The molecular weight excluding hydrogens is 226 g/mol. The summed E-state index contributed by atoms with van der Waals surface area (Å²) in [7, 11) is 1.62. The second-order valence-corrected chi connectivity index (χ2v) is 3.63. The number of pyridine rings is 1. The van der Waals surface area contributed by atoms with Gasteiger partial charge in [-0.3, -0.25) is 0 Å². The minimum absolute atomic E-state index is 0.681. The number of nitrogens with zero attached hydrogens (tertiary/aromatic N) is 1. The number of methoxy groups -OCH3 is 1. The number of thioether (sulfide) groups is 1. The highest BCUT2D eigenvalue weighted by molar-refractivity contribution is 9.10. The van der Waals surface area contributed by atoms with Crippen LogP contribution in [0.25, 0.3) is 0 Å². The van der Waals surface area contributed by atoms with Gasteiger partial charge in [-0.15, -0.1) is 11.8 Å². The van der Waals surface area contributed by atoms with Gasteiger partial charge in [0.25, 0.3) is 0 Å². The van der Waals surface area contributed by atoms with Crippen LogP contribution in [0.3, 0.4) is 0 Å².